The second-order valence-electron chi connectivity index (χ2n) is 4.42. The first kappa shape index (κ1) is 12.6. The van der Waals surface area contributed by atoms with Gasteiger partial charge in [0.15, 0.2) is 0 Å². The van der Waals surface area contributed by atoms with Crippen LogP contribution in [-0.2, 0) is 16.1 Å². The normalized spacial score (nSPS) is 19.3. The van der Waals surface area contributed by atoms with E-state index < -0.39 is 0 Å². The Hall–Kier alpha value is -1.85. The molecule has 6 heteroatoms. The third-order valence-corrected chi connectivity index (χ3v) is 3.20. The van der Waals surface area contributed by atoms with Gasteiger partial charge in [0.2, 0.25) is 11.8 Å². The summed E-state index contributed by atoms with van der Waals surface area (Å²) in [6.07, 6.45) is 5.61. The number of nitrogens with one attached hydrogen (secondary N) is 1. The van der Waals surface area contributed by atoms with Gasteiger partial charge < -0.3 is 14.8 Å². The van der Waals surface area contributed by atoms with Crippen molar-refractivity contribution in [2.24, 2.45) is 5.92 Å². The first-order chi connectivity index (χ1) is 8.70. The van der Waals surface area contributed by atoms with E-state index in [1.807, 2.05) is 17.7 Å². The van der Waals surface area contributed by atoms with Gasteiger partial charge in [0.1, 0.15) is 0 Å². The highest BCUT2D eigenvalue weighted by molar-refractivity contribution is 5.89. The Morgan fingerprint density at radius 3 is 3.06 bits per heavy atom. The van der Waals surface area contributed by atoms with Crippen LogP contribution < -0.4 is 5.32 Å². The van der Waals surface area contributed by atoms with Gasteiger partial charge in [-0.25, -0.2) is 4.98 Å². The van der Waals surface area contributed by atoms with Crippen molar-refractivity contribution in [3.05, 3.63) is 18.7 Å². The van der Waals surface area contributed by atoms with Crippen LogP contribution in [0.1, 0.15) is 13.3 Å². The summed E-state index contributed by atoms with van der Waals surface area (Å²) in [5.74, 6) is -0.146. The average molecular weight is 250 g/mol. The van der Waals surface area contributed by atoms with Crippen LogP contribution in [0.5, 0.6) is 0 Å². The number of likely N-dealkylation sites (tertiary alicyclic amines) is 1. The number of nitrogens with zero attached hydrogens (tertiary/aromatic N) is 3. The molecule has 6 nitrogen and oxygen atoms in total. The van der Waals surface area contributed by atoms with Crippen LogP contribution in [0, 0.1) is 5.92 Å². The highest BCUT2D eigenvalue weighted by atomic mass is 16.2. The molecule has 0 saturated carbocycles. The van der Waals surface area contributed by atoms with Gasteiger partial charge in [-0.15, -0.1) is 0 Å². The van der Waals surface area contributed by atoms with Crippen LogP contribution >= 0.6 is 0 Å². The summed E-state index contributed by atoms with van der Waals surface area (Å²) < 4.78 is 1.90. The van der Waals surface area contributed by atoms with Crippen molar-refractivity contribution in [2.45, 2.75) is 19.9 Å². The fourth-order valence-electron chi connectivity index (χ4n) is 2.12. The monoisotopic (exact) mass is 250 g/mol. The fraction of sp³-hybridized carbons (Fsp3) is 0.583. The number of carbonyl (C=O) groups is 2. The van der Waals surface area contributed by atoms with Crippen molar-refractivity contribution in [1.82, 2.24) is 19.8 Å². The summed E-state index contributed by atoms with van der Waals surface area (Å²) in [5, 5.41) is 2.86. The summed E-state index contributed by atoms with van der Waals surface area (Å²) in [7, 11) is 0. The molecule has 0 spiro atoms. The van der Waals surface area contributed by atoms with E-state index in [9.17, 15) is 9.59 Å². The summed E-state index contributed by atoms with van der Waals surface area (Å²) in [4.78, 5) is 29.0. The van der Waals surface area contributed by atoms with Crippen LogP contribution in [0.15, 0.2) is 18.7 Å². The summed E-state index contributed by atoms with van der Waals surface area (Å²) in [6.45, 7) is 4.41. The van der Waals surface area contributed by atoms with Gasteiger partial charge in [0.25, 0.3) is 0 Å². The van der Waals surface area contributed by atoms with Crippen molar-refractivity contribution < 1.29 is 9.59 Å². The largest absolute Gasteiger partial charge is 0.354 e. The Morgan fingerprint density at radius 2 is 2.44 bits per heavy atom. The molecule has 1 aliphatic rings. The van der Waals surface area contributed by atoms with Crippen molar-refractivity contribution in [1.29, 1.82) is 0 Å². The van der Waals surface area contributed by atoms with E-state index in [1.54, 1.807) is 17.4 Å². The lowest BCUT2D eigenvalue weighted by Gasteiger charge is -2.13. The first-order valence-electron chi connectivity index (χ1n) is 6.22. The number of imidazole rings is 1. The van der Waals surface area contributed by atoms with Crippen molar-refractivity contribution >= 4 is 11.8 Å². The minimum absolute atomic E-state index is 0.0283. The molecular formula is C12H18N4O2. The number of rotatable bonds is 5. The number of hydrogen-bond donors (Lipinski definition) is 1. The van der Waals surface area contributed by atoms with Crippen LogP contribution in [0.4, 0.5) is 0 Å². The van der Waals surface area contributed by atoms with Gasteiger partial charge in [-0.1, -0.05) is 0 Å². The topological polar surface area (TPSA) is 67.2 Å². The maximum absolute atomic E-state index is 11.9. The lowest BCUT2D eigenvalue weighted by atomic mass is 10.1. The predicted octanol–water partition coefficient (Wildman–Crippen LogP) is -0.132. The number of hydrogen-bond acceptors (Lipinski definition) is 3. The quantitative estimate of drug-likeness (QED) is 0.791. The Morgan fingerprint density at radius 1 is 1.61 bits per heavy atom. The van der Waals surface area contributed by atoms with E-state index in [-0.39, 0.29) is 17.7 Å². The van der Waals surface area contributed by atoms with Gasteiger partial charge in [-0.05, 0) is 6.92 Å². The molecule has 1 aromatic heterocycles. The smallest absolute Gasteiger partial charge is 0.225 e. The number of aromatic nitrogens is 2. The summed E-state index contributed by atoms with van der Waals surface area (Å²) in [6, 6.07) is 0. The molecule has 1 atom stereocenters. The third-order valence-electron chi connectivity index (χ3n) is 3.20. The second kappa shape index (κ2) is 5.66. The highest BCUT2D eigenvalue weighted by Gasteiger charge is 2.32. The molecule has 98 valence electrons. The van der Waals surface area contributed by atoms with E-state index in [0.717, 1.165) is 0 Å². The molecule has 0 aliphatic carbocycles. The SMILES string of the molecule is CCN1CC(C(=O)NCCn2ccnc2)CC1=O. The second-order valence-corrected chi connectivity index (χ2v) is 4.42. The minimum Gasteiger partial charge on any atom is -0.354 e. The molecular weight excluding hydrogens is 232 g/mol. The van der Waals surface area contributed by atoms with Crippen molar-refractivity contribution in [2.75, 3.05) is 19.6 Å². The van der Waals surface area contributed by atoms with Gasteiger partial charge in [0, 0.05) is 45.0 Å². The Labute approximate surface area is 106 Å². The molecule has 1 aromatic rings. The standard InChI is InChI=1S/C12H18N4O2/c1-2-16-8-10(7-11(16)17)12(18)14-4-6-15-5-3-13-9-15/h3,5,9-10H,2,4,6-8H2,1H3,(H,14,18). The Kier molecular flexibility index (Phi) is 3.96. The highest BCUT2D eigenvalue weighted by Crippen LogP contribution is 2.17. The van der Waals surface area contributed by atoms with Crippen LogP contribution in [0.25, 0.3) is 0 Å². The van der Waals surface area contributed by atoms with Crippen LogP contribution in [0.3, 0.4) is 0 Å². The lowest BCUT2D eigenvalue weighted by molar-refractivity contribution is -0.128. The van der Waals surface area contributed by atoms with E-state index in [1.165, 1.54) is 0 Å². The zero-order valence-electron chi connectivity index (χ0n) is 10.5. The molecule has 1 saturated heterocycles. The Balaban J connectivity index is 1.74. The zero-order valence-corrected chi connectivity index (χ0v) is 10.5. The van der Waals surface area contributed by atoms with E-state index in [4.69, 9.17) is 0 Å². The molecule has 18 heavy (non-hydrogen) atoms. The molecule has 1 unspecified atom stereocenters. The van der Waals surface area contributed by atoms with Gasteiger partial charge in [-0.2, -0.15) is 0 Å². The summed E-state index contributed by atoms with van der Waals surface area (Å²) in [5.41, 5.74) is 0. The minimum atomic E-state index is -0.194. The van der Waals surface area contributed by atoms with Gasteiger partial charge in [-0.3, -0.25) is 9.59 Å². The summed E-state index contributed by atoms with van der Waals surface area (Å²) >= 11 is 0. The zero-order chi connectivity index (χ0) is 13.0. The van der Waals surface area contributed by atoms with E-state index in [0.29, 0.717) is 32.6 Å². The molecule has 0 radical (unpaired) electrons. The molecule has 1 fully saturated rings. The molecule has 1 N–H and O–H groups in total. The average Bonchev–Trinajstić information content (AvgIpc) is 2.98. The molecule has 2 heterocycles. The van der Waals surface area contributed by atoms with E-state index >= 15 is 0 Å². The maximum Gasteiger partial charge on any atom is 0.225 e. The molecule has 2 amide bonds. The predicted molar refractivity (Wildman–Crippen MR) is 65.6 cm³/mol. The molecule has 0 aromatic carbocycles. The Bertz CT molecular complexity index is 416. The van der Waals surface area contributed by atoms with Gasteiger partial charge >= 0.3 is 0 Å². The van der Waals surface area contributed by atoms with Crippen molar-refractivity contribution in [3.63, 3.8) is 0 Å². The molecule has 1 aliphatic heterocycles. The van der Waals surface area contributed by atoms with E-state index in [2.05, 4.69) is 10.3 Å². The fourth-order valence-corrected chi connectivity index (χ4v) is 2.12. The van der Waals surface area contributed by atoms with Crippen molar-refractivity contribution in [3.8, 4) is 0 Å². The molecule has 2 rings (SSSR count). The number of amides is 2. The lowest BCUT2D eigenvalue weighted by Crippen LogP contribution is -2.34. The third kappa shape index (κ3) is 2.88. The maximum atomic E-state index is 11.9. The molecule has 0 bridgehead atoms. The van der Waals surface area contributed by atoms with Crippen LogP contribution in [0.2, 0.25) is 0 Å². The first-order valence-corrected chi connectivity index (χ1v) is 6.22. The van der Waals surface area contributed by atoms with Gasteiger partial charge in [0.05, 0.1) is 12.2 Å². The number of carbonyl (C=O) groups excluding carboxylic acids is 2. The van der Waals surface area contributed by atoms with Crippen LogP contribution in [-0.4, -0.2) is 45.9 Å².